The Morgan fingerprint density at radius 3 is 2.96 bits per heavy atom. The second kappa shape index (κ2) is 8.07. The number of aromatic nitrogens is 1. The third kappa shape index (κ3) is 4.25. The molecule has 1 amide bonds. The highest BCUT2D eigenvalue weighted by molar-refractivity contribution is 6.42. The molecule has 1 saturated carbocycles. The number of hydrogen-bond acceptors (Lipinski definition) is 3. The molecular formula is C19H20Cl2N2O2. The van der Waals surface area contributed by atoms with E-state index < -0.39 is 0 Å². The van der Waals surface area contributed by atoms with E-state index in [4.69, 9.17) is 27.9 Å². The number of hydrogen-bond donors (Lipinski definition) is 1. The van der Waals surface area contributed by atoms with Crippen molar-refractivity contribution in [2.75, 3.05) is 6.61 Å². The highest BCUT2D eigenvalue weighted by Gasteiger charge is 2.44. The Morgan fingerprint density at radius 2 is 2.16 bits per heavy atom. The Morgan fingerprint density at radius 1 is 1.32 bits per heavy atom. The maximum atomic E-state index is 12.4. The number of rotatable bonds is 7. The van der Waals surface area contributed by atoms with Crippen LogP contribution < -0.4 is 10.1 Å². The van der Waals surface area contributed by atoms with Gasteiger partial charge < -0.3 is 10.1 Å². The van der Waals surface area contributed by atoms with E-state index in [1.165, 1.54) is 0 Å². The van der Waals surface area contributed by atoms with E-state index in [0.717, 1.165) is 24.0 Å². The molecule has 1 aliphatic carbocycles. The Labute approximate surface area is 157 Å². The van der Waals surface area contributed by atoms with Crippen molar-refractivity contribution in [2.45, 2.75) is 32.2 Å². The second-order valence-electron chi connectivity index (χ2n) is 6.13. The van der Waals surface area contributed by atoms with Crippen LogP contribution in [-0.4, -0.2) is 17.5 Å². The fourth-order valence-corrected chi connectivity index (χ4v) is 3.28. The van der Waals surface area contributed by atoms with Crippen LogP contribution in [0.3, 0.4) is 0 Å². The molecule has 1 heterocycles. The van der Waals surface area contributed by atoms with Crippen LogP contribution in [-0.2, 0) is 11.3 Å². The molecule has 0 radical (unpaired) electrons. The highest BCUT2D eigenvalue weighted by Crippen LogP contribution is 2.50. The van der Waals surface area contributed by atoms with Crippen LogP contribution in [0.25, 0.3) is 0 Å². The Bertz CT molecular complexity index is 767. The molecule has 1 aliphatic rings. The smallest absolute Gasteiger partial charge is 0.224 e. The number of nitrogens with one attached hydrogen (secondary N) is 1. The summed E-state index contributed by atoms with van der Waals surface area (Å²) in [5.41, 5.74) is 1.82. The molecule has 1 fully saturated rings. The summed E-state index contributed by atoms with van der Waals surface area (Å²) in [7, 11) is 0. The van der Waals surface area contributed by atoms with Crippen molar-refractivity contribution < 1.29 is 9.53 Å². The zero-order valence-electron chi connectivity index (χ0n) is 14.0. The van der Waals surface area contributed by atoms with Crippen LogP contribution in [0.1, 0.15) is 36.8 Å². The number of pyridine rings is 1. The molecule has 25 heavy (non-hydrogen) atoms. The average molecular weight is 379 g/mol. The summed E-state index contributed by atoms with van der Waals surface area (Å²) in [4.78, 5) is 16.7. The van der Waals surface area contributed by atoms with Gasteiger partial charge in [0.1, 0.15) is 0 Å². The molecule has 1 aromatic heterocycles. The molecule has 132 valence electrons. The first-order chi connectivity index (χ1) is 12.1. The van der Waals surface area contributed by atoms with Gasteiger partial charge in [0.05, 0.1) is 16.7 Å². The molecule has 0 spiro atoms. The predicted octanol–water partition coefficient (Wildman–Crippen LogP) is 4.60. The quantitative estimate of drug-likeness (QED) is 0.765. The number of halogens is 2. The molecule has 6 heteroatoms. The van der Waals surface area contributed by atoms with Crippen LogP contribution >= 0.6 is 23.2 Å². The molecule has 0 bridgehead atoms. The summed E-state index contributed by atoms with van der Waals surface area (Å²) >= 11 is 12.3. The predicted molar refractivity (Wildman–Crippen MR) is 99.2 cm³/mol. The standard InChI is InChI=1S/C19H20Cl2N2O2/c1-2-9-25-19-12(5-4-8-22-19)11-23-18(24)15-10-14(15)13-6-3-7-16(20)17(13)21/h3-8,14-15H,2,9-11H2,1H3,(H,23,24). The molecule has 0 aliphatic heterocycles. The summed E-state index contributed by atoms with van der Waals surface area (Å²) in [5, 5.41) is 4.05. The number of benzene rings is 1. The molecule has 2 aromatic rings. The number of carbonyl (C=O) groups is 1. The van der Waals surface area contributed by atoms with Gasteiger partial charge >= 0.3 is 0 Å². The monoisotopic (exact) mass is 378 g/mol. The van der Waals surface area contributed by atoms with Crippen LogP contribution in [0, 0.1) is 5.92 Å². The zero-order valence-corrected chi connectivity index (χ0v) is 15.5. The molecule has 1 aromatic carbocycles. The van der Waals surface area contributed by atoms with Crippen molar-refractivity contribution in [2.24, 2.45) is 5.92 Å². The van der Waals surface area contributed by atoms with E-state index in [1.807, 2.05) is 31.2 Å². The number of amides is 1. The third-order valence-corrected chi connectivity index (χ3v) is 5.09. The summed E-state index contributed by atoms with van der Waals surface area (Å²) in [5.74, 6) is 0.671. The lowest BCUT2D eigenvalue weighted by Crippen LogP contribution is -2.25. The minimum absolute atomic E-state index is 0.0198. The fraction of sp³-hybridized carbons (Fsp3) is 0.368. The van der Waals surface area contributed by atoms with Crippen LogP contribution in [0.15, 0.2) is 36.5 Å². The van der Waals surface area contributed by atoms with Gasteiger partial charge in [0, 0.05) is 24.2 Å². The minimum atomic E-state index is -0.0624. The summed E-state index contributed by atoms with van der Waals surface area (Å²) in [6.45, 7) is 3.05. The summed E-state index contributed by atoms with van der Waals surface area (Å²) < 4.78 is 5.62. The molecule has 2 atom stereocenters. The maximum Gasteiger partial charge on any atom is 0.224 e. The highest BCUT2D eigenvalue weighted by atomic mass is 35.5. The van der Waals surface area contributed by atoms with Gasteiger partial charge in [-0.1, -0.05) is 48.3 Å². The first-order valence-electron chi connectivity index (χ1n) is 8.40. The lowest BCUT2D eigenvalue weighted by Gasteiger charge is -2.10. The molecular weight excluding hydrogens is 359 g/mol. The lowest BCUT2D eigenvalue weighted by molar-refractivity contribution is -0.122. The van der Waals surface area contributed by atoms with Crippen LogP contribution in [0.2, 0.25) is 10.0 Å². The minimum Gasteiger partial charge on any atom is -0.477 e. The van der Waals surface area contributed by atoms with Crippen molar-refractivity contribution in [1.29, 1.82) is 0 Å². The Kier molecular flexibility index (Phi) is 5.82. The zero-order chi connectivity index (χ0) is 17.8. The molecule has 3 rings (SSSR count). The van der Waals surface area contributed by atoms with Crippen molar-refractivity contribution in [3.05, 3.63) is 57.7 Å². The topological polar surface area (TPSA) is 51.2 Å². The molecule has 4 nitrogen and oxygen atoms in total. The summed E-state index contributed by atoms with van der Waals surface area (Å²) in [6, 6.07) is 9.31. The van der Waals surface area contributed by atoms with Gasteiger partial charge in [0.15, 0.2) is 0 Å². The third-order valence-electron chi connectivity index (χ3n) is 4.25. The van der Waals surface area contributed by atoms with Crippen molar-refractivity contribution in [1.82, 2.24) is 10.3 Å². The fourth-order valence-electron chi connectivity index (χ4n) is 2.84. The largest absolute Gasteiger partial charge is 0.477 e. The van der Waals surface area contributed by atoms with E-state index in [0.29, 0.717) is 29.1 Å². The normalized spacial score (nSPS) is 18.7. The van der Waals surface area contributed by atoms with Gasteiger partial charge in [-0.15, -0.1) is 0 Å². The van der Waals surface area contributed by atoms with Crippen LogP contribution in [0.4, 0.5) is 0 Å². The molecule has 1 N–H and O–H groups in total. The van der Waals surface area contributed by atoms with Crippen LogP contribution in [0.5, 0.6) is 5.88 Å². The first-order valence-corrected chi connectivity index (χ1v) is 9.15. The molecule has 2 unspecified atom stereocenters. The Hall–Kier alpha value is -1.78. The summed E-state index contributed by atoms with van der Waals surface area (Å²) in [6.07, 6.45) is 3.39. The first kappa shape index (κ1) is 18.0. The second-order valence-corrected chi connectivity index (χ2v) is 6.91. The maximum absolute atomic E-state index is 12.4. The SMILES string of the molecule is CCCOc1ncccc1CNC(=O)C1CC1c1cccc(Cl)c1Cl. The Balaban J connectivity index is 1.59. The molecule has 0 saturated heterocycles. The van der Waals surface area contributed by atoms with Crippen molar-refractivity contribution in [3.8, 4) is 5.88 Å². The average Bonchev–Trinajstić information content (AvgIpc) is 3.41. The van der Waals surface area contributed by atoms with E-state index >= 15 is 0 Å². The van der Waals surface area contributed by atoms with Gasteiger partial charge in [0.2, 0.25) is 11.8 Å². The number of nitrogens with zero attached hydrogens (tertiary/aromatic N) is 1. The van der Waals surface area contributed by atoms with Crippen molar-refractivity contribution >= 4 is 29.1 Å². The van der Waals surface area contributed by atoms with E-state index in [-0.39, 0.29) is 17.7 Å². The van der Waals surface area contributed by atoms with Crippen molar-refractivity contribution in [3.63, 3.8) is 0 Å². The number of ether oxygens (including phenoxy) is 1. The number of carbonyl (C=O) groups excluding carboxylic acids is 1. The van der Waals surface area contributed by atoms with Gasteiger partial charge in [0.25, 0.3) is 0 Å². The van der Waals surface area contributed by atoms with Gasteiger partial charge in [-0.25, -0.2) is 4.98 Å². The van der Waals surface area contributed by atoms with E-state index in [9.17, 15) is 4.79 Å². The lowest BCUT2D eigenvalue weighted by atomic mass is 10.1. The van der Waals surface area contributed by atoms with Gasteiger partial charge in [-0.05, 0) is 36.5 Å². The van der Waals surface area contributed by atoms with Gasteiger partial charge in [-0.3, -0.25) is 4.79 Å². The van der Waals surface area contributed by atoms with Gasteiger partial charge in [-0.2, -0.15) is 0 Å². The van der Waals surface area contributed by atoms with E-state index in [2.05, 4.69) is 10.3 Å². The van der Waals surface area contributed by atoms with E-state index in [1.54, 1.807) is 12.3 Å².